The van der Waals surface area contributed by atoms with E-state index in [1.165, 1.54) is 4.70 Å². The Hall–Kier alpha value is -2.66. The van der Waals surface area contributed by atoms with Gasteiger partial charge in [0.25, 0.3) is 0 Å². The molecule has 5 heteroatoms. The zero-order valence-electron chi connectivity index (χ0n) is 15.3. The molecule has 4 nitrogen and oxygen atoms in total. The van der Waals surface area contributed by atoms with Crippen LogP contribution in [0.1, 0.15) is 36.4 Å². The number of fused-ring (bicyclic) bond motifs is 1. The minimum atomic E-state index is 0.0306. The molecule has 4 rings (SSSR count). The highest BCUT2D eigenvalue weighted by atomic mass is 32.1. The molecule has 0 spiro atoms. The smallest absolute Gasteiger partial charge is 0.247 e. The van der Waals surface area contributed by atoms with Gasteiger partial charge in [0.15, 0.2) is 0 Å². The van der Waals surface area contributed by atoms with E-state index >= 15 is 0 Å². The van der Waals surface area contributed by atoms with Crippen molar-refractivity contribution in [2.45, 2.75) is 25.8 Å². The van der Waals surface area contributed by atoms with Crippen LogP contribution >= 0.6 is 11.3 Å². The summed E-state index contributed by atoms with van der Waals surface area (Å²) in [5.74, 6) is 0.830. The summed E-state index contributed by atoms with van der Waals surface area (Å²) in [5.41, 5.74) is 1.93. The lowest BCUT2D eigenvalue weighted by Crippen LogP contribution is -2.28. The molecule has 1 aromatic heterocycles. The molecular weight excluding hydrogens is 356 g/mol. The molecule has 0 aliphatic carbocycles. The highest BCUT2D eigenvalue weighted by molar-refractivity contribution is 7.18. The fourth-order valence-corrected chi connectivity index (χ4v) is 4.60. The number of nitrogens with zero attached hydrogens (tertiary/aromatic N) is 2. The Balaban J connectivity index is 1.54. The molecule has 27 heavy (non-hydrogen) atoms. The van der Waals surface area contributed by atoms with Crippen LogP contribution in [0.25, 0.3) is 16.3 Å². The van der Waals surface area contributed by atoms with Gasteiger partial charge in [-0.1, -0.05) is 30.3 Å². The van der Waals surface area contributed by atoms with Gasteiger partial charge in [0, 0.05) is 18.2 Å². The molecule has 1 aliphatic rings. The van der Waals surface area contributed by atoms with E-state index in [1.807, 2.05) is 60.4 Å². The number of thiazole rings is 1. The topological polar surface area (TPSA) is 42.4 Å². The quantitative estimate of drug-likeness (QED) is 0.582. The summed E-state index contributed by atoms with van der Waals surface area (Å²) in [4.78, 5) is 19.6. The van der Waals surface area contributed by atoms with Crippen LogP contribution in [-0.4, -0.2) is 28.9 Å². The van der Waals surface area contributed by atoms with E-state index in [-0.39, 0.29) is 11.9 Å². The molecule has 138 valence electrons. The van der Waals surface area contributed by atoms with Gasteiger partial charge in [0.1, 0.15) is 10.8 Å². The second-order valence-electron chi connectivity index (χ2n) is 6.51. The molecule has 1 amide bonds. The lowest BCUT2D eigenvalue weighted by atomic mass is 10.2. The third-order valence-corrected chi connectivity index (χ3v) is 5.89. The summed E-state index contributed by atoms with van der Waals surface area (Å²) in [6, 6.07) is 16.0. The van der Waals surface area contributed by atoms with E-state index in [0.29, 0.717) is 6.61 Å². The Labute approximate surface area is 163 Å². The Bertz CT molecular complexity index is 946. The van der Waals surface area contributed by atoms with Gasteiger partial charge in [-0.25, -0.2) is 4.98 Å². The van der Waals surface area contributed by atoms with Gasteiger partial charge in [0.05, 0.1) is 22.9 Å². The minimum absolute atomic E-state index is 0.0306. The maximum atomic E-state index is 12.9. The van der Waals surface area contributed by atoms with Crippen molar-refractivity contribution < 1.29 is 9.53 Å². The van der Waals surface area contributed by atoms with Gasteiger partial charge in [-0.3, -0.25) is 4.79 Å². The molecule has 2 aromatic carbocycles. The van der Waals surface area contributed by atoms with Gasteiger partial charge in [-0.05, 0) is 44.0 Å². The lowest BCUT2D eigenvalue weighted by molar-refractivity contribution is -0.126. The first-order valence-electron chi connectivity index (χ1n) is 9.32. The van der Waals surface area contributed by atoms with Crippen molar-refractivity contribution in [2.75, 3.05) is 13.2 Å². The van der Waals surface area contributed by atoms with Crippen molar-refractivity contribution in [1.82, 2.24) is 9.88 Å². The van der Waals surface area contributed by atoms with Crippen LogP contribution in [0.2, 0.25) is 0 Å². The summed E-state index contributed by atoms with van der Waals surface area (Å²) < 4.78 is 6.81. The van der Waals surface area contributed by atoms with Gasteiger partial charge in [-0.2, -0.15) is 0 Å². The van der Waals surface area contributed by atoms with E-state index in [9.17, 15) is 4.79 Å². The number of ether oxygens (including phenoxy) is 1. The fourth-order valence-electron chi connectivity index (χ4n) is 3.48. The molecule has 1 unspecified atom stereocenters. The van der Waals surface area contributed by atoms with Crippen LogP contribution in [0.15, 0.2) is 54.6 Å². The number of carbonyl (C=O) groups is 1. The zero-order chi connectivity index (χ0) is 18.6. The first-order chi connectivity index (χ1) is 13.3. The normalized spacial score (nSPS) is 17.1. The summed E-state index contributed by atoms with van der Waals surface area (Å²) in [6.45, 7) is 3.33. The van der Waals surface area contributed by atoms with Crippen molar-refractivity contribution in [2.24, 2.45) is 0 Å². The number of amides is 1. The molecule has 0 saturated carbocycles. The van der Waals surface area contributed by atoms with E-state index in [1.54, 1.807) is 17.4 Å². The molecule has 1 atom stereocenters. The minimum Gasteiger partial charge on any atom is -0.493 e. The third kappa shape index (κ3) is 3.74. The number of hydrogen-bond acceptors (Lipinski definition) is 4. The Kier molecular flexibility index (Phi) is 5.21. The molecule has 3 aromatic rings. The van der Waals surface area contributed by atoms with Crippen LogP contribution in [-0.2, 0) is 4.79 Å². The fraction of sp³-hybridized carbons (Fsp3) is 0.273. The summed E-state index contributed by atoms with van der Waals surface area (Å²) >= 11 is 1.69. The first-order valence-corrected chi connectivity index (χ1v) is 10.1. The highest BCUT2D eigenvalue weighted by Gasteiger charge is 2.31. The molecule has 1 aliphatic heterocycles. The van der Waals surface area contributed by atoms with E-state index in [2.05, 4.69) is 6.07 Å². The van der Waals surface area contributed by atoms with Crippen molar-refractivity contribution in [3.8, 4) is 5.75 Å². The first kappa shape index (κ1) is 17.7. The maximum Gasteiger partial charge on any atom is 0.247 e. The monoisotopic (exact) mass is 378 g/mol. The molecule has 2 heterocycles. The second-order valence-corrected chi connectivity index (χ2v) is 7.58. The molecule has 1 saturated heterocycles. The number of para-hydroxylation sites is 2. The van der Waals surface area contributed by atoms with Crippen LogP contribution in [0.3, 0.4) is 0 Å². The van der Waals surface area contributed by atoms with Gasteiger partial charge < -0.3 is 9.64 Å². The third-order valence-electron chi connectivity index (χ3n) is 4.76. The van der Waals surface area contributed by atoms with E-state index in [4.69, 9.17) is 9.72 Å². The number of rotatable bonds is 5. The Morgan fingerprint density at radius 3 is 2.93 bits per heavy atom. The number of carbonyl (C=O) groups excluding carboxylic acids is 1. The van der Waals surface area contributed by atoms with Crippen molar-refractivity contribution >= 4 is 33.5 Å². The van der Waals surface area contributed by atoms with Crippen molar-refractivity contribution in [3.05, 3.63) is 65.2 Å². The van der Waals surface area contributed by atoms with Crippen LogP contribution in [0, 0.1) is 0 Å². The predicted molar refractivity (Wildman–Crippen MR) is 110 cm³/mol. The summed E-state index contributed by atoms with van der Waals surface area (Å²) in [5, 5.41) is 1.03. The Morgan fingerprint density at radius 2 is 2.07 bits per heavy atom. The zero-order valence-corrected chi connectivity index (χ0v) is 16.1. The average molecular weight is 378 g/mol. The largest absolute Gasteiger partial charge is 0.493 e. The average Bonchev–Trinajstić information content (AvgIpc) is 3.34. The van der Waals surface area contributed by atoms with Gasteiger partial charge >= 0.3 is 0 Å². The summed E-state index contributed by atoms with van der Waals surface area (Å²) in [6.07, 6.45) is 5.48. The SMILES string of the molecule is CCOc1ccccc1/C=C/C(=O)N1CCCC1c1nc2ccccc2s1. The van der Waals surface area contributed by atoms with E-state index in [0.717, 1.165) is 41.2 Å². The number of hydrogen-bond donors (Lipinski definition) is 0. The number of benzene rings is 2. The molecule has 0 N–H and O–H groups in total. The number of likely N-dealkylation sites (tertiary alicyclic amines) is 1. The summed E-state index contributed by atoms with van der Waals surface area (Å²) in [7, 11) is 0. The molecular formula is C22H22N2O2S. The number of aromatic nitrogens is 1. The molecule has 1 fully saturated rings. The molecule has 0 radical (unpaired) electrons. The Morgan fingerprint density at radius 1 is 1.26 bits per heavy atom. The van der Waals surface area contributed by atoms with E-state index < -0.39 is 0 Å². The lowest BCUT2D eigenvalue weighted by Gasteiger charge is -2.21. The van der Waals surface area contributed by atoms with Crippen LogP contribution < -0.4 is 4.74 Å². The van der Waals surface area contributed by atoms with Crippen molar-refractivity contribution in [1.29, 1.82) is 0 Å². The standard InChI is InChI=1S/C22H22N2O2S/c1-2-26-19-11-5-3-8-16(19)13-14-21(25)24-15-7-10-18(24)22-23-17-9-4-6-12-20(17)27-22/h3-6,8-9,11-14,18H,2,7,10,15H2,1H3/b14-13+. The van der Waals surface area contributed by atoms with Crippen LogP contribution in [0.5, 0.6) is 5.75 Å². The highest BCUT2D eigenvalue weighted by Crippen LogP contribution is 2.36. The predicted octanol–water partition coefficient (Wildman–Crippen LogP) is 5.07. The van der Waals surface area contributed by atoms with Gasteiger partial charge in [-0.15, -0.1) is 11.3 Å². The maximum absolute atomic E-state index is 12.9. The molecule has 0 bridgehead atoms. The van der Waals surface area contributed by atoms with Crippen molar-refractivity contribution in [3.63, 3.8) is 0 Å². The second kappa shape index (κ2) is 7.92. The van der Waals surface area contributed by atoms with Gasteiger partial charge in [0.2, 0.25) is 5.91 Å². The van der Waals surface area contributed by atoms with Crippen LogP contribution in [0.4, 0.5) is 0 Å².